The summed E-state index contributed by atoms with van der Waals surface area (Å²) in [6.45, 7) is 3.31. The minimum atomic E-state index is -0.146. The quantitative estimate of drug-likeness (QED) is 0.443. The van der Waals surface area contributed by atoms with E-state index in [1.807, 2.05) is 31.2 Å². The number of nitrogen functional groups attached to an aromatic ring is 1. The molecular formula is C14H20N4O2S. The maximum absolute atomic E-state index is 11.5. The Morgan fingerprint density at radius 1 is 1.43 bits per heavy atom. The molecule has 0 atom stereocenters. The number of aromatic amines is 1. The van der Waals surface area contributed by atoms with E-state index < -0.39 is 0 Å². The fourth-order valence-corrected chi connectivity index (χ4v) is 2.74. The molecule has 0 amide bonds. The van der Waals surface area contributed by atoms with Crippen molar-refractivity contribution in [2.45, 2.75) is 31.5 Å². The molecule has 2 rings (SSSR count). The molecule has 114 valence electrons. The number of ether oxygens (including phenoxy) is 1. The van der Waals surface area contributed by atoms with Crippen LogP contribution in [0.4, 0.5) is 5.69 Å². The summed E-state index contributed by atoms with van der Waals surface area (Å²) in [7, 11) is 0. The molecule has 0 radical (unpaired) electrons. The highest BCUT2D eigenvalue weighted by Crippen LogP contribution is 2.20. The first-order valence-electron chi connectivity index (χ1n) is 6.97. The SMILES string of the molecule is CCCn1c(SCCCOc2ccccc2N)n[nH]c1=O. The largest absolute Gasteiger partial charge is 0.491 e. The van der Waals surface area contributed by atoms with E-state index in [1.165, 1.54) is 0 Å². The van der Waals surface area contributed by atoms with Crippen molar-refractivity contribution in [3.05, 3.63) is 34.7 Å². The van der Waals surface area contributed by atoms with E-state index in [-0.39, 0.29) is 5.69 Å². The van der Waals surface area contributed by atoms with Gasteiger partial charge in [0, 0.05) is 12.3 Å². The van der Waals surface area contributed by atoms with Crippen LogP contribution < -0.4 is 16.2 Å². The van der Waals surface area contributed by atoms with Crippen molar-refractivity contribution in [2.24, 2.45) is 0 Å². The minimum absolute atomic E-state index is 0.146. The third-order valence-electron chi connectivity index (χ3n) is 2.87. The summed E-state index contributed by atoms with van der Waals surface area (Å²) in [6, 6.07) is 7.45. The van der Waals surface area contributed by atoms with Crippen LogP contribution in [0.2, 0.25) is 0 Å². The molecule has 6 nitrogen and oxygen atoms in total. The van der Waals surface area contributed by atoms with Crippen molar-refractivity contribution in [3.8, 4) is 5.75 Å². The molecular weight excluding hydrogens is 288 g/mol. The van der Waals surface area contributed by atoms with Gasteiger partial charge < -0.3 is 10.5 Å². The minimum Gasteiger partial charge on any atom is -0.491 e. The second kappa shape index (κ2) is 7.78. The second-order valence-corrected chi connectivity index (χ2v) is 5.61. The Morgan fingerprint density at radius 3 is 3.00 bits per heavy atom. The Morgan fingerprint density at radius 2 is 2.24 bits per heavy atom. The fourth-order valence-electron chi connectivity index (χ4n) is 1.85. The Balaban J connectivity index is 1.75. The molecule has 1 aromatic heterocycles. The van der Waals surface area contributed by atoms with Gasteiger partial charge in [-0.15, -0.1) is 5.10 Å². The van der Waals surface area contributed by atoms with Crippen molar-refractivity contribution < 1.29 is 4.74 Å². The van der Waals surface area contributed by atoms with Gasteiger partial charge >= 0.3 is 5.69 Å². The third kappa shape index (κ3) is 4.29. The summed E-state index contributed by atoms with van der Waals surface area (Å²) >= 11 is 1.56. The lowest BCUT2D eigenvalue weighted by atomic mass is 10.3. The van der Waals surface area contributed by atoms with E-state index >= 15 is 0 Å². The molecule has 0 saturated heterocycles. The number of anilines is 1. The number of para-hydroxylation sites is 2. The molecule has 0 aliphatic rings. The molecule has 0 aliphatic carbocycles. The zero-order valence-corrected chi connectivity index (χ0v) is 12.9. The first-order chi connectivity index (χ1) is 10.2. The topological polar surface area (TPSA) is 85.9 Å². The molecule has 0 aliphatic heterocycles. The van der Waals surface area contributed by atoms with Gasteiger partial charge in [0.1, 0.15) is 5.75 Å². The van der Waals surface area contributed by atoms with Crippen LogP contribution in [0.25, 0.3) is 0 Å². The summed E-state index contributed by atoms with van der Waals surface area (Å²) in [4.78, 5) is 11.5. The number of thioether (sulfide) groups is 1. The van der Waals surface area contributed by atoms with Crippen LogP contribution in [0, 0.1) is 0 Å². The van der Waals surface area contributed by atoms with Gasteiger partial charge in [-0.3, -0.25) is 4.57 Å². The number of H-pyrrole nitrogens is 1. The van der Waals surface area contributed by atoms with Gasteiger partial charge in [-0.25, -0.2) is 9.89 Å². The van der Waals surface area contributed by atoms with E-state index in [2.05, 4.69) is 10.2 Å². The molecule has 1 heterocycles. The van der Waals surface area contributed by atoms with Gasteiger partial charge in [-0.05, 0) is 25.0 Å². The number of nitrogens with one attached hydrogen (secondary N) is 1. The van der Waals surface area contributed by atoms with E-state index in [0.29, 0.717) is 24.6 Å². The van der Waals surface area contributed by atoms with E-state index in [1.54, 1.807) is 16.3 Å². The third-order valence-corrected chi connectivity index (χ3v) is 3.93. The highest BCUT2D eigenvalue weighted by atomic mass is 32.2. The normalized spacial score (nSPS) is 10.7. The van der Waals surface area contributed by atoms with Gasteiger partial charge in [-0.2, -0.15) is 0 Å². The Labute approximate surface area is 127 Å². The maximum Gasteiger partial charge on any atom is 0.343 e. The van der Waals surface area contributed by atoms with Crippen LogP contribution in [-0.4, -0.2) is 27.1 Å². The summed E-state index contributed by atoms with van der Waals surface area (Å²) in [5.41, 5.74) is 6.30. The number of benzene rings is 1. The van der Waals surface area contributed by atoms with Crippen LogP contribution in [0.15, 0.2) is 34.2 Å². The standard InChI is InChI=1S/C14H20N4O2S/c1-2-8-18-13(19)16-17-14(18)21-10-5-9-20-12-7-4-3-6-11(12)15/h3-4,6-7H,2,5,8-10,15H2,1H3,(H,16,19). The molecule has 2 aromatic rings. The number of rotatable bonds is 8. The van der Waals surface area contributed by atoms with Crippen molar-refractivity contribution >= 4 is 17.4 Å². The lowest BCUT2D eigenvalue weighted by Gasteiger charge is -2.08. The van der Waals surface area contributed by atoms with Gasteiger partial charge in [0.2, 0.25) is 0 Å². The van der Waals surface area contributed by atoms with Crippen LogP contribution in [0.5, 0.6) is 5.75 Å². The van der Waals surface area contributed by atoms with Gasteiger partial charge in [0.05, 0.1) is 12.3 Å². The van der Waals surface area contributed by atoms with Crippen LogP contribution in [0.1, 0.15) is 19.8 Å². The number of aromatic nitrogens is 3. The highest BCUT2D eigenvalue weighted by molar-refractivity contribution is 7.99. The van der Waals surface area contributed by atoms with Crippen LogP contribution >= 0.6 is 11.8 Å². The molecule has 0 spiro atoms. The number of hydrogen-bond donors (Lipinski definition) is 2. The van der Waals surface area contributed by atoms with Gasteiger partial charge in [0.25, 0.3) is 0 Å². The van der Waals surface area contributed by atoms with Crippen molar-refractivity contribution in [1.82, 2.24) is 14.8 Å². The molecule has 0 bridgehead atoms. The Hall–Kier alpha value is -1.89. The van der Waals surface area contributed by atoms with E-state index in [4.69, 9.17) is 10.5 Å². The summed E-state index contributed by atoms with van der Waals surface area (Å²) in [6.07, 6.45) is 1.76. The molecule has 7 heteroatoms. The zero-order valence-electron chi connectivity index (χ0n) is 12.0. The van der Waals surface area contributed by atoms with Crippen molar-refractivity contribution in [2.75, 3.05) is 18.1 Å². The molecule has 1 aromatic carbocycles. The van der Waals surface area contributed by atoms with Crippen molar-refractivity contribution in [3.63, 3.8) is 0 Å². The smallest absolute Gasteiger partial charge is 0.343 e. The highest BCUT2D eigenvalue weighted by Gasteiger charge is 2.07. The van der Waals surface area contributed by atoms with Crippen LogP contribution in [-0.2, 0) is 6.54 Å². The van der Waals surface area contributed by atoms with Gasteiger partial charge in [0.15, 0.2) is 5.16 Å². The molecule has 0 fully saturated rings. The fraction of sp³-hybridized carbons (Fsp3) is 0.429. The molecule has 3 N–H and O–H groups in total. The summed E-state index contributed by atoms with van der Waals surface area (Å²) in [5.74, 6) is 1.55. The first kappa shape index (κ1) is 15.5. The van der Waals surface area contributed by atoms with Crippen molar-refractivity contribution in [1.29, 1.82) is 0 Å². The zero-order chi connectivity index (χ0) is 15.1. The molecule has 21 heavy (non-hydrogen) atoms. The summed E-state index contributed by atoms with van der Waals surface area (Å²) in [5, 5.41) is 7.25. The van der Waals surface area contributed by atoms with Gasteiger partial charge in [-0.1, -0.05) is 30.8 Å². The first-order valence-corrected chi connectivity index (χ1v) is 7.96. The lowest BCUT2D eigenvalue weighted by molar-refractivity contribution is 0.320. The van der Waals surface area contributed by atoms with E-state index in [0.717, 1.165) is 23.8 Å². The maximum atomic E-state index is 11.5. The number of nitrogens with two attached hydrogens (primary N) is 1. The Kier molecular flexibility index (Phi) is 5.74. The van der Waals surface area contributed by atoms with E-state index in [9.17, 15) is 4.79 Å². The number of hydrogen-bond acceptors (Lipinski definition) is 5. The second-order valence-electron chi connectivity index (χ2n) is 4.55. The Bertz CT molecular complexity index is 623. The predicted molar refractivity (Wildman–Crippen MR) is 84.8 cm³/mol. The predicted octanol–water partition coefficient (Wildman–Crippen LogP) is 2.12. The van der Waals surface area contributed by atoms with Crippen LogP contribution in [0.3, 0.4) is 0 Å². The monoisotopic (exact) mass is 308 g/mol. The average Bonchev–Trinajstić information content (AvgIpc) is 2.82. The average molecular weight is 308 g/mol. The molecule has 0 unspecified atom stereocenters. The lowest BCUT2D eigenvalue weighted by Crippen LogP contribution is -2.17. The summed E-state index contributed by atoms with van der Waals surface area (Å²) < 4.78 is 7.29. The molecule has 0 saturated carbocycles. The number of nitrogens with zero attached hydrogens (tertiary/aromatic N) is 2.